The third-order valence-electron chi connectivity index (χ3n) is 4.33. The fourth-order valence-corrected chi connectivity index (χ4v) is 3.07. The SMILES string of the molecule is Cc1cccc(OC(C)C(=O)N2CCNCC2c2nccn2C)c1. The van der Waals surface area contributed by atoms with E-state index in [9.17, 15) is 4.79 Å². The molecule has 1 N–H and O–H groups in total. The van der Waals surface area contributed by atoms with E-state index in [1.807, 2.05) is 60.8 Å². The monoisotopic (exact) mass is 328 g/mol. The molecule has 1 aromatic carbocycles. The van der Waals surface area contributed by atoms with Gasteiger partial charge in [0.2, 0.25) is 0 Å². The molecule has 2 heterocycles. The predicted molar refractivity (Wildman–Crippen MR) is 91.8 cm³/mol. The Morgan fingerprint density at radius 2 is 2.29 bits per heavy atom. The molecule has 128 valence electrons. The summed E-state index contributed by atoms with van der Waals surface area (Å²) in [6.07, 6.45) is 3.13. The van der Waals surface area contributed by atoms with Crippen LogP contribution in [0.5, 0.6) is 5.75 Å². The fourth-order valence-electron chi connectivity index (χ4n) is 3.07. The van der Waals surface area contributed by atoms with Crippen LogP contribution in [0.4, 0.5) is 0 Å². The second kappa shape index (κ2) is 7.05. The van der Waals surface area contributed by atoms with Gasteiger partial charge in [0.1, 0.15) is 17.6 Å². The van der Waals surface area contributed by atoms with E-state index in [2.05, 4.69) is 10.3 Å². The van der Waals surface area contributed by atoms with E-state index in [4.69, 9.17) is 4.74 Å². The highest BCUT2D eigenvalue weighted by atomic mass is 16.5. The quantitative estimate of drug-likeness (QED) is 0.927. The van der Waals surface area contributed by atoms with Gasteiger partial charge < -0.3 is 19.5 Å². The zero-order valence-corrected chi connectivity index (χ0v) is 14.4. The molecule has 24 heavy (non-hydrogen) atoms. The first-order valence-electron chi connectivity index (χ1n) is 8.28. The minimum atomic E-state index is -0.535. The van der Waals surface area contributed by atoms with E-state index in [0.29, 0.717) is 13.1 Å². The van der Waals surface area contributed by atoms with Gasteiger partial charge in [0, 0.05) is 39.1 Å². The molecule has 6 heteroatoms. The number of amides is 1. The molecule has 1 aromatic heterocycles. The first-order valence-corrected chi connectivity index (χ1v) is 8.28. The number of carbonyl (C=O) groups excluding carboxylic acids is 1. The molecule has 2 aromatic rings. The van der Waals surface area contributed by atoms with Crippen molar-refractivity contribution in [3.05, 3.63) is 48.0 Å². The van der Waals surface area contributed by atoms with Crippen molar-refractivity contribution >= 4 is 5.91 Å². The summed E-state index contributed by atoms with van der Waals surface area (Å²) in [6, 6.07) is 7.69. The summed E-state index contributed by atoms with van der Waals surface area (Å²) in [4.78, 5) is 19.2. The highest BCUT2D eigenvalue weighted by Crippen LogP contribution is 2.23. The molecule has 1 aliphatic heterocycles. The van der Waals surface area contributed by atoms with Gasteiger partial charge in [0.15, 0.2) is 6.10 Å². The summed E-state index contributed by atoms with van der Waals surface area (Å²) < 4.78 is 7.83. The van der Waals surface area contributed by atoms with Crippen molar-refractivity contribution in [1.82, 2.24) is 19.8 Å². The average molecular weight is 328 g/mol. The summed E-state index contributed by atoms with van der Waals surface area (Å²) in [6.45, 7) is 5.95. The fraction of sp³-hybridized carbons (Fsp3) is 0.444. The standard InChI is InChI=1S/C18H24N4O2/c1-13-5-4-6-15(11-13)24-14(2)18(23)22-10-7-19-12-16(22)17-20-8-9-21(17)3/h4-6,8-9,11,14,16,19H,7,10,12H2,1-3H3. The van der Waals surface area contributed by atoms with E-state index in [0.717, 1.165) is 23.7 Å². The summed E-state index contributed by atoms with van der Waals surface area (Å²) in [5, 5.41) is 3.34. The Bertz CT molecular complexity index is 713. The van der Waals surface area contributed by atoms with Gasteiger partial charge in [-0.1, -0.05) is 12.1 Å². The van der Waals surface area contributed by atoms with Gasteiger partial charge >= 0.3 is 0 Å². The Hall–Kier alpha value is -2.34. The zero-order chi connectivity index (χ0) is 17.1. The maximum Gasteiger partial charge on any atom is 0.264 e. The van der Waals surface area contributed by atoms with E-state index in [1.54, 1.807) is 6.20 Å². The van der Waals surface area contributed by atoms with Gasteiger partial charge in [-0.15, -0.1) is 0 Å². The minimum Gasteiger partial charge on any atom is -0.481 e. The third kappa shape index (κ3) is 3.43. The van der Waals surface area contributed by atoms with Gasteiger partial charge in [0.05, 0.1) is 0 Å². The van der Waals surface area contributed by atoms with Crippen LogP contribution in [0.1, 0.15) is 24.4 Å². The normalized spacial score (nSPS) is 19.1. The number of nitrogens with zero attached hydrogens (tertiary/aromatic N) is 3. The Kier molecular flexibility index (Phi) is 4.85. The first-order chi connectivity index (χ1) is 11.6. The second-order valence-corrected chi connectivity index (χ2v) is 6.22. The summed E-state index contributed by atoms with van der Waals surface area (Å²) in [5.74, 6) is 1.60. The van der Waals surface area contributed by atoms with Crippen LogP contribution in [-0.4, -0.2) is 46.1 Å². The number of ether oxygens (including phenoxy) is 1. The molecule has 1 saturated heterocycles. The van der Waals surface area contributed by atoms with E-state index in [1.165, 1.54) is 0 Å². The van der Waals surface area contributed by atoms with Crippen LogP contribution in [0.15, 0.2) is 36.7 Å². The molecule has 1 fully saturated rings. The Balaban J connectivity index is 1.75. The molecule has 2 atom stereocenters. The third-order valence-corrected chi connectivity index (χ3v) is 4.33. The molecule has 6 nitrogen and oxygen atoms in total. The lowest BCUT2D eigenvalue weighted by Gasteiger charge is -2.37. The van der Waals surface area contributed by atoms with Crippen LogP contribution in [-0.2, 0) is 11.8 Å². The van der Waals surface area contributed by atoms with Crippen molar-refractivity contribution in [2.75, 3.05) is 19.6 Å². The number of imidazole rings is 1. The lowest BCUT2D eigenvalue weighted by molar-refractivity contribution is -0.141. The average Bonchev–Trinajstić information content (AvgIpc) is 3.00. The van der Waals surface area contributed by atoms with E-state index < -0.39 is 6.10 Å². The molecule has 1 aliphatic rings. The smallest absolute Gasteiger partial charge is 0.264 e. The number of nitrogens with one attached hydrogen (secondary N) is 1. The van der Waals surface area contributed by atoms with Crippen molar-refractivity contribution in [2.24, 2.45) is 7.05 Å². The maximum atomic E-state index is 12.9. The molecule has 0 aliphatic carbocycles. The molecular weight excluding hydrogens is 304 g/mol. The number of rotatable bonds is 4. The molecule has 0 bridgehead atoms. The highest BCUT2D eigenvalue weighted by molar-refractivity contribution is 5.81. The van der Waals surface area contributed by atoms with Crippen LogP contribution in [0.3, 0.4) is 0 Å². The molecular formula is C18H24N4O2. The van der Waals surface area contributed by atoms with Crippen LogP contribution < -0.4 is 10.1 Å². The summed E-state index contributed by atoms with van der Waals surface area (Å²) >= 11 is 0. The number of hydrogen-bond donors (Lipinski definition) is 1. The van der Waals surface area contributed by atoms with Gasteiger partial charge in [-0.3, -0.25) is 4.79 Å². The lowest BCUT2D eigenvalue weighted by atomic mass is 10.1. The molecule has 2 unspecified atom stereocenters. The summed E-state index contributed by atoms with van der Waals surface area (Å²) in [5.41, 5.74) is 1.11. The maximum absolute atomic E-state index is 12.9. The van der Waals surface area contributed by atoms with Gasteiger partial charge in [-0.25, -0.2) is 4.98 Å². The van der Waals surface area contributed by atoms with Crippen LogP contribution in [0.25, 0.3) is 0 Å². The number of carbonyl (C=O) groups is 1. The van der Waals surface area contributed by atoms with Crippen molar-refractivity contribution in [1.29, 1.82) is 0 Å². The van der Waals surface area contributed by atoms with Gasteiger partial charge in [-0.05, 0) is 31.5 Å². The lowest BCUT2D eigenvalue weighted by Crippen LogP contribution is -2.52. The summed E-state index contributed by atoms with van der Waals surface area (Å²) in [7, 11) is 1.95. The predicted octanol–water partition coefficient (Wildman–Crippen LogP) is 1.67. The largest absolute Gasteiger partial charge is 0.481 e. The highest BCUT2D eigenvalue weighted by Gasteiger charge is 2.33. The molecule has 1 amide bonds. The Morgan fingerprint density at radius 3 is 3.00 bits per heavy atom. The topological polar surface area (TPSA) is 59.4 Å². The minimum absolute atomic E-state index is 0.00833. The van der Waals surface area contributed by atoms with E-state index in [-0.39, 0.29) is 11.9 Å². The Labute approximate surface area is 142 Å². The molecule has 0 radical (unpaired) electrons. The Morgan fingerprint density at radius 1 is 1.46 bits per heavy atom. The van der Waals surface area contributed by atoms with Gasteiger partial charge in [0.25, 0.3) is 5.91 Å². The number of hydrogen-bond acceptors (Lipinski definition) is 4. The van der Waals surface area contributed by atoms with Crippen molar-refractivity contribution in [2.45, 2.75) is 26.0 Å². The van der Waals surface area contributed by atoms with Crippen LogP contribution >= 0.6 is 0 Å². The number of aromatic nitrogens is 2. The van der Waals surface area contributed by atoms with Crippen molar-refractivity contribution in [3.8, 4) is 5.75 Å². The molecule has 3 rings (SSSR count). The van der Waals surface area contributed by atoms with Crippen LogP contribution in [0.2, 0.25) is 0 Å². The second-order valence-electron chi connectivity index (χ2n) is 6.22. The van der Waals surface area contributed by atoms with E-state index >= 15 is 0 Å². The van der Waals surface area contributed by atoms with Crippen molar-refractivity contribution < 1.29 is 9.53 Å². The van der Waals surface area contributed by atoms with Crippen molar-refractivity contribution in [3.63, 3.8) is 0 Å². The number of aryl methyl sites for hydroxylation is 2. The number of piperazine rings is 1. The zero-order valence-electron chi connectivity index (χ0n) is 14.4. The van der Waals surface area contributed by atoms with Gasteiger partial charge in [-0.2, -0.15) is 0 Å². The molecule has 0 saturated carbocycles. The van der Waals surface area contributed by atoms with Crippen LogP contribution in [0, 0.1) is 6.92 Å². The first kappa shape index (κ1) is 16.5. The number of benzene rings is 1. The molecule has 0 spiro atoms.